The van der Waals surface area contributed by atoms with E-state index in [-0.39, 0.29) is 6.10 Å². The molecule has 0 spiro atoms. The molecule has 2 fully saturated rings. The van der Waals surface area contributed by atoms with Crippen LogP contribution in [0.1, 0.15) is 52.4 Å². The molecule has 0 aromatic carbocycles. The van der Waals surface area contributed by atoms with Gasteiger partial charge >= 0.3 is 0 Å². The van der Waals surface area contributed by atoms with Gasteiger partial charge in [0.1, 0.15) is 0 Å². The third kappa shape index (κ3) is 1.96. The number of aliphatic hydroxyl groups is 1. The number of nitrogens with one attached hydrogen (secondary N) is 1. The first-order valence-corrected chi connectivity index (χ1v) is 6.04. The summed E-state index contributed by atoms with van der Waals surface area (Å²) < 4.78 is 0. The zero-order chi connectivity index (χ0) is 10.2. The van der Waals surface area contributed by atoms with E-state index in [0.717, 1.165) is 12.8 Å². The number of hydrogen-bond donors (Lipinski definition) is 2. The van der Waals surface area contributed by atoms with Crippen molar-refractivity contribution >= 4 is 0 Å². The van der Waals surface area contributed by atoms with Crippen LogP contribution in [0, 0.1) is 5.41 Å². The van der Waals surface area contributed by atoms with Crippen LogP contribution in [0.15, 0.2) is 0 Å². The van der Waals surface area contributed by atoms with Crippen LogP contribution in [-0.4, -0.2) is 23.3 Å². The average Bonchev–Trinajstić information content (AvgIpc) is 2.62. The third-order valence-corrected chi connectivity index (χ3v) is 4.15. The lowest BCUT2D eigenvalue weighted by Gasteiger charge is -2.31. The maximum Gasteiger partial charge on any atom is 0.0693 e. The first-order valence-electron chi connectivity index (χ1n) is 6.04. The van der Waals surface area contributed by atoms with Gasteiger partial charge in [-0.15, -0.1) is 0 Å². The Morgan fingerprint density at radius 2 is 1.93 bits per heavy atom. The summed E-state index contributed by atoms with van der Waals surface area (Å²) in [4.78, 5) is 0. The van der Waals surface area contributed by atoms with Gasteiger partial charge in [0.2, 0.25) is 0 Å². The molecule has 0 bridgehead atoms. The smallest absolute Gasteiger partial charge is 0.0693 e. The minimum absolute atomic E-state index is 0.0913. The van der Waals surface area contributed by atoms with Crippen molar-refractivity contribution in [3.63, 3.8) is 0 Å². The van der Waals surface area contributed by atoms with Crippen LogP contribution in [0.5, 0.6) is 0 Å². The molecule has 0 saturated heterocycles. The Labute approximate surface area is 87.1 Å². The van der Waals surface area contributed by atoms with E-state index < -0.39 is 0 Å². The first-order chi connectivity index (χ1) is 6.59. The highest BCUT2D eigenvalue weighted by Crippen LogP contribution is 2.38. The van der Waals surface area contributed by atoms with Crippen LogP contribution in [0.4, 0.5) is 0 Å². The van der Waals surface area contributed by atoms with E-state index in [4.69, 9.17) is 0 Å². The fraction of sp³-hybridized carbons (Fsp3) is 1.00. The van der Waals surface area contributed by atoms with E-state index in [1.165, 1.54) is 25.7 Å². The zero-order valence-corrected chi connectivity index (χ0v) is 9.42. The molecular weight excluding hydrogens is 174 g/mol. The minimum Gasteiger partial charge on any atom is -0.392 e. The molecule has 82 valence electrons. The zero-order valence-electron chi connectivity index (χ0n) is 9.42. The van der Waals surface area contributed by atoms with Gasteiger partial charge in [-0.25, -0.2) is 0 Å². The van der Waals surface area contributed by atoms with Crippen LogP contribution < -0.4 is 5.32 Å². The second-order valence-corrected chi connectivity index (χ2v) is 5.70. The Hall–Kier alpha value is -0.0800. The fourth-order valence-corrected chi connectivity index (χ4v) is 3.03. The quantitative estimate of drug-likeness (QED) is 0.710. The van der Waals surface area contributed by atoms with Gasteiger partial charge in [0.25, 0.3) is 0 Å². The van der Waals surface area contributed by atoms with Crippen LogP contribution >= 0.6 is 0 Å². The van der Waals surface area contributed by atoms with E-state index in [1.807, 2.05) is 0 Å². The van der Waals surface area contributed by atoms with Crippen molar-refractivity contribution in [3.8, 4) is 0 Å². The molecule has 3 atom stereocenters. The summed E-state index contributed by atoms with van der Waals surface area (Å²) in [5.41, 5.74) is 0.433. The number of aliphatic hydroxyl groups excluding tert-OH is 1. The lowest BCUT2D eigenvalue weighted by molar-refractivity contribution is 0.130. The Morgan fingerprint density at radius 3 is 2.43 bits per heavy atom. The Bertz CT molecular complexity index is 202. The van der Waals surface area contributed by atoms with Crippen molar-refractivity contribution in [3.05, 3.63) is 0 Å². The number of rotatable bonds is 2. The molecule has 2 N–H and O–H groups in total. The van der Waals surface area contributed by atoms with E-state index in [2.05, 4.69) is 19.2 Å². The summed E-state index contributed by atoms with van der Waals surface area (Å²) in [6.07, 6.45) is 7.20. The van der Waals surface area contributed by atoms with Gasteiger partial charge in [0, 0.05) is 12.1 Å². The molecule has 2 nitrogen and oxygen atoms in total. The molecule has 2 aliphatic carbocycles. The van der Waals surface area contributed by atoms with Crippen molar-refractivity contribution in [2.24, 2.45) is 5.41 Å². The van der Waals surface area contributed by atoms with E-state index in [9.17, 15) is 5.11 Å². The topological polar surface area (TPSA) is 32.3 Å². The van der Waals surface area contributed by atoms with Crippen molar-refractivity contribution in [1.29, 1.82) is 0 Å². The molecule has 14 heavy (non-hydrogen) atoms. The monoisotopic (exact) mass is 197 g/mol. The van der Waals surface area contributed by atoms with Gasteiger partial charge in [-0.1, -0.05) is 20.3 Å². The molecule has 0 amide bonds. The molecule has 0 aromatic heterocycles. The van der Waals surface area contributed by atoms with Crippen molar-refractivity contribution in [2.75, 3.05) is 0 Å². The Balaban J connectivity index is 1.90. The Kier molecular flexibility index (Phi) is 2.85. The van der Waals surface area contributed by atoms with Crippen molar-refractivity contribution in [1.82, 2.24) is 5.32 Å². The third-order valence-electron chi connectivity index (χ3n) is 4.15. The van der Waals surface area contributed by atoms with Crippen molar-refractivity contribution in [2.45, 2.75) is 70.6 Å². The molecule has 1 unspecified atom stereocenters. The summed E-state index contributed by atoms with van der Waals surface area (Å²) in [7, 11) is 0. The predicted octanol–water partition coefficient (Wildman–Crippen LogP) is 2.07. The number of hydrogen-bond acceptors (Lipinski definition) is 2. The second-order valence-electron chi connectivity index (χ2n) is 5.70. The van der Waals surface area contributed by atoms with Gasteiger partial charge in [-0.3, -0.25) is 0 Å². The largest absolute Gasteiger partial charge is 0.392 e. The molecular formula is C12H23NO. The predicted molar refractivity (Wildman–Crippen MR) is 58.2 cm³/mol. The first kappa shape index (κ1) is 10.4. The minimum atomic E-state index is -0.0913. The summed E-state index contributed by atoms with van der Waals surface area (Å²) >= 11 is 0. The van der Waals surface area contributed by atoms with Crippen LogP contribution in [0.3, 0.4) is 0 Å². The highest BCUT2D eigenvalue weighted by atomic mass is 16.3. The van der Waals surface area contributed by atoms with E-state index in [0.29, 0.717) is 17.5 Å². The summed E-state index contributed by atoms with van der Waals surface area (Å²) in [5.74, 6) is 0. The summed E-state index contributed by atoms with van der Waals surface area (Å²) in [6, 6.07) is 0.998. The summed E-state index contributed by atoms with van der Waals surface area (Å²) in [5, 5.41) is 13.4. The molecule has 0 radical (unpaired) electrons. The van der Waals surface area contributed by atoms with Gasteiger partial charge in [0.05, 0.1) is 6.10 Å². The van der Waals surface area contributed by atoms with E-state index in [1.54, 1.807) is 0 Å². The highest BCUT2D eigenvalue weighted by molar-refractivity contribution is 4.94. The van der Waals surface area contributed by atoms with Crippen molar-refractivity contribution < 1.29 is 5.11 Å². The highest BCUT2D eigenvalue weighted by Gasteiger charge is 2.37. The van der Waals surface area contributed by atoms with Gasteiger partial charge in [-0.2, -0.15) is 0 Å². The van der Waals surface area contributed by atoms with Crippen LogP contribution in [0.25, 0.3) is 0 Å². The lowest BCUT2D eigenvalue weighted by atomic mass is 9.87. The second kappa shape index (κ2) is 3.82. The lowest BCUT2D eigenvalue weighted by Crippen LogP contribution is -2.46. The normalized spacial score (nSPS) is 41.8. The van der Waals surface area contributed by atoms with Crippen LogP contribution in [-0.2, 0) is 0 Å². The van der Waals surface area contributed by atoms with Gasteiger partial charge in [0.15, 0.2) is 0 Å². The molecule has 2 heteroatoms. The molecule has 2 saturated carbocycles. The standard InChI is InChI=1S/C12H23NO/c1-12(2)8-4-7-11(12)13-9-5-3-6-10(9)14/h9-11,13-14H,3-8H2,1-2H3/t9-,10-,11?/m0/s1. The fourth-order valence-electron chi connectivity index (χ4n) is 3.03. The molecule has 2 rings (SSSR count). The van der Waals surface area contributed by atoms with Gasteiger partial charge < -0.3 is 10.4 Å². The maximum atomic E-state index is 9.76. The Morgan fingerprint density at radius 1 is 1.14 bits per heavy atom. The molecule has 0 aromatic rings. The summed E-state index contributed by atoms with van der Waals surface area (Å²) in [6.45, 7) is 4.69. The maximum absolute atomic E-state index is 9.76. The molecule has 0 aliphatic heterocycles. The van der Waals surface area contributed by atoms with Gasteiger partial charge in [-0.05, 0) is 37.5 Å². The van der Waals surface area contributed by atoms with Crippen LogP contribution in [0.2, 0.25) is 0 Å². The SMILES string of the molecule is CC1(C)CCCC1N[C@H]1CCC[C@@H]1O. The average molecular weight is 197 g/mol. The molecule has 0 heterocycles. The molecule has 2 aliphatic rings. The van der Waals surface area contributed by atoms with E-state index >= 15 is 0 Å².